The van der Waals surface area contributed by atoms with Gasteiger partial charge in [-0.25, -0.2) is 12.8 Å². The van der Waals surface area contributed by atoms with Gasteiger partial charge in [-0.05, 0) is 61.7 Å². The van der Waals surface area contributed by atoms with E-state index in [1.165, 1.54) is 28.6 Å². The molecule has 0 spiro atoms. The monoisotopic (exact) mass is 461 g/mol. The predicted octanol–water partition coefficient (Wildman–Crippen LogP) is 3.28. The van der Waals surface area contributed by atoms with Crippen molar-refractivity contribution >= 4 is 27.5 Å². The highest BCUT2D eigenvalue weighted by molar-refractivity contribution is 7.89. The first-order chi connectivity index (χ1) is 15.1. The highest BCUT2D eigenvalue weighted by Crippen LogP contribution is 2.33. The van der Waals surface area contributed by atoms with Crippen LogP contribution in [-0.2, 0) is 26.2 Å². The summed E-state index contributed by atoms with van der Waals surface area (Å²) in [6, 6.07) is 12.0. The van der Waals surface area contributed by atoms with Gasteiger partial charge in [0.15, 0.2) is 0 Å². The quantitative estimate of drug-likeness (QED) is 0.662. The number of anilines is 1. The van der Waals surface area contributed by atoms with Crippen LogP contribution in [0.2, 0.25) is 0 Å². The van der Waals surface area contributed by atoms with Gasteiger partial charge in [-0.3, -0.25) is 9.59 Å². The summed E-state index contributed by atoms with van der Waals surface area (Å²) in [6.07, 6.45) is 1.43. The van der Waals surface area contributed by atoms with Gasteiger partial charge in [0, 0.05) is 31.7 Å². The van der Waals surface area contributed by atoms with E-state index in [0.717, 1.165) is 0 Å². The molecule has 1 aliphatic rings. The maximum atomic E-state index is 13.4. The Bertz CT molecular complexity index is 1090. The molecule has 1 heterocycles. The molecule has 172 valence electrons. The maximum absolute atomic E-state index is 13.4. The Morgan fingerprint density at radius 2 is 1.88 bits per heavy atom. The van der Waals surface area contributed by atoms with E-state index in [0.29, 0.717) is 37.1 Å². The first-order valence-corrected chi connectivity index (χ1v) is 12.0. The molecule has 32 heavy (non-hydrogen) atoms. The minimum absolute atomic E-state index is 0.0542. The SMILES string of the molecule is CCC(=O)Nc1ccc(S(=O)(=O)N2CCCC(C)(C(=O)NCc3cccc(F)c3)C2)cc1. The number of amides is 2. The molecule has 1 atom stereocenters. The van der Waals surface area contributed by atoms with Crippen molar-refractivity contribution in [3.05, 3.63) is 59.9 Å². The van der Waals surface area contributed by atoms with Crippen LogP contribution in [0.4, 0.5) is 10.1 Å². The number of nitrogens with zero attached hydrogens (tertiary/aromatic N) is 1. The van der Waals surface area contributed by atoms with E-state index in [4.69, 9.17) is 0 Å². The molecule has 9 heteroatoms. The summed E-state index contributed by atoms with van der Waals surface area (Å²) in [5, 5.41) is 5.50. The fourth-order valence-electron chi connectivity index (χ4n) is 3.73. The molecule has 1 fully saturated rings. The van der Waals surface area contributed by atoms with E-state index in [1.807, 2.05) is 0 Å². The van der Waals surface area contributed by atoms with E-state index < -0.39 is 15.4 Å². The van der Waals surface area contributed by atoms with E-state index in [9.17, 15) is 22.4 Å². The van der Waals surface area contributed by atoms with E-state index in [2.05, 4.69) is 10.6 Å². The van der Waals surface area contributed by atoms with Crippen molar-refractivity contribution in [1.29, 1.82) is 0 Å². The van der Waals surface area contributed by atoms with Crippen LogP contribution in [0.3, 0.4) is 0 Å². The van der Waals surface area contributed by atoms with Crippen molar-refractivity contribution in [3.8, 4) is 0 Å². The van der Waals surface area contributed by atoms with Crippen LogP contribution in [0.25, 0.3) is 0 Å². The van der Waals surface area contributed by atoms with E-state index in [1.54, 1.807) is 38.1 Å². The Kier molecular flexibility index (Phi) is 7.30. The fraction of sp³-hybridized carbons (Fsp3) is 0.391. The largest absolute Gasteiger partial charge is 0.352 e. The van der Waals surface area contributed by atoms with Crippen molar-refractivity contribution in [3.63, 3.8) is 0 Å². The van der Waals surface area contributed by atoms with Crippen molar-refractivity contribution < 1.29 is 22.4 Å². The number of piperidine rings is 1. The number of halogens is 1. The topological polar surface area (TPSA) is 95.6 Å². The van der Waals surface area contributed by atoms with Gasteiger partial charge in [0.05, 0.1) is 10.3 Å². The van der Waals surface area contributed by atoms with Crippen molar-refractivity contribution in [2.24, 2.45) is 5.41 Å². The Labute approximate surface area is 188 Å². The van der Waals surface area contributed by atoms with Crippen LogP contribution in [0.1, 0.15) is 38.7 Å². The summed E-state index contributed by atoms with van der Waals surface area (Å²) in [5.74, 6) is -0.797. The Hall–Kier alpha value is -2.78. The second-order valence-corrected chi connectivity index (χ2v) is 10.2. The predicted molar refractivity (Wildman–Crippen MR) is 120 cm³/mol. The molecule has 0 aromatic heterocycles. The van der Waals surface area contributed by atoms with Gasteiger partial charge < -0.3 is 10.6 Å². The lowest BCUT2D eigenvalue weighted by Gasteiger charge is -2.38. The molecular weight excluding hydrogens is 433 g/mol. The van der Waals surface area contributed by atoms with Crippen LogP contribution in [0.5, 0.6) is 0 Å². The van der Waals surface area contributed by atoms with Crippen LogP contribution in [-0.4, -0.2) is 37.6 Å². The van der Waals surface area contributed by atoms with Crippen LogP contribution >= 0.6 is 0 Å². The molecule has 1 unspecified atom stereocenters. The molecule has 1 saturated heterocycles. The van der Waals surface area contributed by atoms with Crippen molar-refractivity contribution in [2.75, 3.05) is 18.4 Å². The Morgan fingerprint density at radius 1 is 1.16 bits per heavy atom. The molecule has 0 saturated carbocycles. The summed E-state index contributed by atoms with van der Waals surface area (Å²) < 4.78 is 41.0. The van der Waals surface area contributed by atoms with Gasteiger partial charge in [0.25, 0.3) is 0 Å². The second-order valence-electron chi connectivity index (χ2n) is 8.24. The molecule has 0 aliphatic carbocycles. The van der Waals surface area contributed by atoms with Gasteiger partial charge in [-0.1, -0.05) is 19.1 Å². The molecule has 2 aromatic carbocycles. The first kappa shape index (κ1) is 23.9. The lowest BCUT2D eigenvalue weighted by molar-refractivity contribution is -0.132. The number of hydrogen-bond donors (Lipinski definition) is 2. The molecule has 2 N–H and O–H groups in total. The van der Waals surface area contributed by atoms with Gasteiger partial charge in [0.2, 0.25) is 21.8 Å². The number of rotatable bonds is 7. The zero-order valence-electron chi connectivity index (χ0n) is 18.2. The van der Waals surface area contributed by atoms with Gasteiger partial charge in [-0.15, -0.1) is 0 Å². The highest BCUT2D eigenvalue weighted by atomic mass is 32.2. The number of sulfonamides is 1. The van der Waals surface area contributed by atoms with Gasteiger partial charge >= 0.3 is 0 Å². The third kappa shape index (κ3) is 5.52. The summed E-state index contributed by atoms with van der Waals surface area (Å²) >= 11 is 0. The molecule has 3 rings (SSSR count). The first-order valence-electron chi connectivity index (χ1n) is 10.6. The average molecular weight is 462 g/mol. The summed E-state index contributed by atoms with van der Waals surface area (Å²) in [4.78, 5) is 24.5. The van der Waals surface area contributed by atoms with Crippen molar-refractivity contribution in [2.45, 2.75) is 44.6 Å². The number of carbonyl (C=O) groups is 2. The summed E-state index contributed by atoms with van der Waals surface area (Å²) in [6.45, 7) is 4.03. The summed E-state index contributed by atoms with van der Waals surface area (Å²) in [5.41, 5.74) is 0.265. The lowest BCUT2D eigenvalue weighted by Crippen LogP contribution is -2.51. The smallest absolute Gasteiger partial charge is 0.243 e. The minimum Gasteiger partial charge on any atom is -0.352 e. The number of carbonyl (C=O) groups excluding carboxylic acids is 2. The number of nitrogens with one attached hydrogen (secondary N) is 2. The number of benzene rings is 2. The standard InChI is InChI=1S/C23H28FN3O4S/c1-3-21(28)26-19-8-10-20(11-9-19)32(30,31)27-13-5-12-23(2,16-27)22(29)25-15-17-6-4-7-18(24)14-17/h4,6-11,14H,3,5,12-13,15-16H2,1-2H3,(H,25,29)(H,26,28). The molecule has 2 aromatic rings. The highest BCUT2D eigenvalue weighted by Gasteiger charge is 2.41. The van der Waals surface area contributed by atoms with Crippen LogP contribution in [0.15, 0.2) is 53.4 Å². The Balaban J connectivity index is 1.69. The molecule has 0 radical (unpaired) electrons. The third-order valence-corrected chi connectivity index (χ3v) is 7.51. The zero-order valence-corrected chi connectivity index (χ0v) is 19.0. The van der Waals surface area contributed by atoms with E-state index in [-0.39, 0.29) is 35.6 Å². The van der Waals surface area contributed by atoms with E-state index >= 15 is 0 Å². The Morgan fingerprint density at radius 3 is 2.53 bits per heavy atom. The maximum Gasteiger partial charge on any atom is 0.243 e. The summed E-state index contributed by atoms with van der Waals surface area (Å²) in [7, 11) is -3.80. The molecule has 0 bridgehead atoms. The second kappa shape index (κ2) is 9.79. The molecular formula is C23H28FN3O4S. The van der Waals surface area contributed by atoms with Gasteiger partial charge in [0.1, 0.15) is 5.82 Å². The minimum atomic E-state index is -3.80. The van der Waals surface area contributed by atoms with Crippen LogP contribution in [0, 0.1) is 11.2 Å². The van der Waals surface area contributed by atoms with Crippen LogP contribution < -0.4 is 10.6 Å². The average Bonchev–Trinajstić information content (AvgIpc) is 2.77. The molecule has 1 aliphatic heterocycles. The normalized spacial score (nSPS) is 19.3. The molecule has 7 nitrogen and oxygen atoms in total. The number of hydrogen-bond acceptors (Lipinski definition) is 4. The zero-order chi connectivity index (χ0) is 23.4. The van der Waals surface area contributed by atoms with Crippen molar-refractivity contribution in [1.82, 2.24) is 9.62 Å². The fourth-order valence-corrected chi connectivity index (χ4v) is 5.34. The van der Waals surface area contributed by atoms with Gasteiger partial charge in [-0.2, -0.15) is 4.31 Å². The molecule has 2 amide bonds. The third-order valence-electron chi connectivity index (χ3n) is 5.65. The lowest BCUT2D eigenvalue weighted by atomic mass is 9.82.